The maximum Gasteiger partial charge on any atom is 0.246 e. The van der Waals surface area contributed by atoms with Gasteiger partial charge in [-0.15, -0.1) is 0 Å². The van der Waals surface area contributed by atoms with Gasteiger partial charge in [0.05, 0.1) is 0 Å². The molecule has 0 aromatic heterocycles. The number of nitrogens with two attached hydrogens (primary N) is 1. The standard InChI is InChI=1S/C11H15F2N3O2S/c12-8-1-2-10(13)11(5-8)19(17,18)16-4-3-15-7-9(16)6-14/h1-2,5,9,15H,3-4,6-7,14H2. The van der Waals surface area contributed by atoms with Crippen molar-refractivity contribution in [2.24, 2.45) is 5.73 Å². The first kappa shape index (κ1) is 14.3. The molecule has 106 valence electrons. The minimum absolute atomic E-state index is 0.114. The fraction of sp³-hybridized carbons (Fsp3) is 0.455. The molecule has 0 spiro atoms. The molecular formula is C11H15F2N3O2S. The first-order valence-electron chi connectivity index (χ1n) is 5.84. The lowest BCUT2D eigenvalue weighted by atomic mass is 10.2. The maximum absolute atomic E-state index is 13.6. The molecule has 1 unspecified atom stereocenters. The number of halogens is 2. The molecule has 0 aliphatic carbocycles. The van der Waals surface area contributed by atoms with Crippen LogP contribution in [0.1, 0.15) is 0 Å². The fourth-order valence-corrected chi connectivity index (χ4v) is 3.77. The zero-order chi connectivity index (χ0) is 14.0. The normalized spacial score (nSPS) is 21.5. The Labute approximate surface area is 110 Å². The number of nitrogens with one attached hydrogen (secondary N) is 1. The van der Waals surface area contributed by atoms with E-state index in [-0.39, 0.29) is 13.1 Å². The third kappa shape index (κ3) is 2.76. The predicted molar refractivity (Wildman–Crippen MR) is 66.0 cm³/mol. The van der Waals surface area contributed by atoms with Gasteiger partial charge in [0, 0.05) is 32.2 Å². The van der Waals surface area contributed by atoms with Gasteiger partial charge in [0.1, 0.15) is 16.5 Å². The topological polar surface area (TPSA) is 75.4 Å². The van der Waals surface area contributed by atoms with Crippen LogP contribution in [0.15, 0.2) is 23.1 Å². The summed E-state index contributed by atoms with van der Waals surface area (Å²) in [5.41, 5.74) is 5.52. The lowest BCUT2D eigenvalue weighted by molar-refractivity contribution is 0.271. The molecule has 1 fully saturated rings. The first-order chi connectivity index (χ1) is 8.96. The molecule has 0 bridgehead atoms. The summed E-state index contributed by atoms with van der Waals surface area (Å²) < 4.78 is 52.6. The van der Waals surface area contributed by atoms with Crippen molar-refractivity contribution in [2.45, 2.75) is 10.9 Å². The Kier molecular flexibility index (Phi) is 4.14. The summed E-state index contributed by atoms with van der Waals surface area (Å²) >= 11 is 0. The molecular weight excluding hydrogens is 276 g/mol. The van der Waals surface area contributed by atoms with Crippen LogP contribution in [-0.2, 0) is 10.0 Å². The predicted octanol–water partition coefficient (Wildman–Crippen LogP) is -0.114. The molecule has 3 N–H and O–H groups in total. The van der Waals surface area contributed by atoms with E-state index in [4.69, 9.17) is 5.73 Å². The second-order valence-corrected chi connectivity index (χ2v) is 6.14. The number of rotatable bonds is 3. The minimum atomic E-state index is -4.08. The van der Waals surface area contributed by atoms with Crippen LogP contribution in [0.25, 0.3) is 0 Å². The molecule has 1 aliphatic heterocycles. The molecule has 2 rings (SSSR count). The summed E-state index contributed by atoms with van der Waals surface area (Å²) in [6.07, 6.45) is 0. The molecule has 1 aliphatic rings. The summed E-state index contributed by atoms with van der Waals surface area (Å²) in [5, 5.41) is 3.01. The van der Waals surface area contributed by atoms with Crippen LogP contribution in [0, 0.1) is 11.6 Å². The summed E-state index contributed by atoms with van der Waals surface area (Å²) in [6, 6.07) is 1.93. The monoisotopic (exact) mass is 291 g/mol. The van der Waals surface area contributed by atoms with Gasteiger partial charge in [0.15, 0.2) is 0 Å². The van der Waals surface area contributed by atoms with Crippen molar-refractivity contribution < 1.29 is 17.2 Å². The van der Waals surface area contributed by atoms with Crippen molar-refractivity contribution in [1.29, 1.82) is 0 Å². The summed E-state index contributed by atoms with van der Waals surface area (Å²) in [7, 11) is -4.08. The Morgan fingerprint density at radius 1 is 1.42 bits per heavy atom. The smallest absolute Gasteiger partial charge is 0.246 e. The van der Waals surface area contributed by atoms with Crippen LogP contribution in [0.2, 0.25) is 0 Å². The maximum atomic E-state index is 13.6. The van der Waals surface area contributed by atoms with Gasteiger partial charge in [-0.05, 0) is 18.2 Å². The van der Waals surface area contributed by atoms with Crippen molar-refractivity contribution in [1.82, 2.24) is 9.62 Å². The molecule has 19 heavy (non-hydrogen) atoms. The third-order valence-electron chi connectivity index (χ3n) is 3.05. The van der Waals surface area contributed by atoms with Gasteiger partial charge in [0.2, 0.25) is 10.0 Å². The van der Waals surface area contributed by atoms with E-state index in [2.05, 4.69) is 5.32 Å². The highest BCUT2D eigenvalue weighted by atomic mass is 32.2. The van der Waals surface area contributed by atoms with Crippen molar-refractivity contribution >= 4 is 10.0 Å². The van der Waals surface area contributed by atoms with E-state index in [0.29, 0.717) is 19.2 Å². The highest BCUT2D eigenvalue weighted by molar-refractivity contribution is 7.89. The third-order valence-corrected chi connectivity index (χ3v) is 5.02. The van der Waals surface area contributed by atoms with Gasteiger partial charge >= 0.3 is 0 Å². The van der Waals surface area contributed by atoms with Crippen LogP contribution < -0.4 is 11.1 Å². The number of piperazine rings is 1. The molecule has 1 atom stereocenters. The van der Waals surface area contributed by atoms with E-state index in [1.165, 1.54) is 0 Å². The number of sulfonamides is 1. The van der Waals surface area contributed by atoms with Crippen molar-refractivity contribution in [3.05, 3.63) is 29.8 Å². The largest absolute Gasteiger partial charge is 0.329 e. The van der Waals surface area contributed by atoms with Gasteiger partial charge < -0.3 is 11.1 Å². The van der Waals surface area contributed by atoms with Crippen molar-refractivity contribution in [3.63, 3.8) is 0 Å². The van der Waals surface area contributed by atoms with E-state index < -0.39 is 32.6 Å². The van der Waals surface area contributed by atoms with Crippen molar-refractivity contribution in [2.75, 3.05) is 26.2 Å². The Morgan fingerprint density at radius 3 is 2.84 bits per heavy atom. The minimum Gasteiger partial charge on any atom is -0.329 e. The zero-order valence-electron chi connectivity index (χ0n) is 10.1. The lowest BCUT2D eigenvalue weighted by Gasteiger charge is -2.34. The Balaban J connectivity index is 2.43. The highest BCUT2D eigenvalue weighted by Gasteiger charge is 2.34. The average Bonchev–Trinajstić information content (AvgIpc) is 2.41. The number of nitrogens with zero attached hydrogens (tertiary/aromatic N) is 1. The highest BCUT2D eigenvalue weighted by Crippen LogP contribution is 2.22. The number of benzene rings is 1. The SMILES string of the molecule is NCC1CNCCN1S(=O)(=O)c1cc(F)ccc1F. The zero-order valence-corrected chi connectivity index (χ0v) is 11.0. The molecule has 0 amide bonds. The summed E-state index contributed by atoms with van der Waals surface area (Å²) in [4.78, 5) is -0.646. The molecule has 0 saturated carbocycles. The van der Waals surface area contributed by atoms with Gasteiger partial charge in [-0.3, -0.25) is 0 Å². The van der Waals surface area contributed by atoms with Crippen molar-refractivity contribution in [3.8, 4) is 0 Å². The molecule has 5 nitrogen and oxygen atoms in total. The first-order valence-corrected chi connectivity index (χ1v) is 7.28. The Morgan fingerprint density at radius 2 is 2.16 bits per heavy atom. The van der Waals surface area contributed by atoms with Crippen LogP contribution in [0.5, 0.6) is 0 Å². The summed E-state index contributed by atoms with van der Waals surface area (Å²) in [6.45, 7) is 1.14. The van der Waals surface area contributed by atoms with Gasteiger partial charge in [-0.2, -0.15) is 4.31 Å². The molecule has 1 aromatic rings. The number of hydrogen-bond donors (Lipinski definition) is 2. The molecule has 0 radical (unpaired) electrons. The number of hydrogen-bond acceptors (Lipinski definition) is 4. The average molecular weight is 291 g/mol. The molecule has 1 heterocycles. The van der Waals surface area contributed by atoms with Crippen LogP contribution >= 0.6 is 0 Å². The lowest BCUT2D eigenvalue weighted by Crippen LogP contribution is -2.56. The van der Waals surface area contributed by atoms with Gasteiger partial charge in [0.25, 0.3) is 0 Å². The Bertz CT molecular complexity index is 565. The molecule has 8 heteroatoms. The van der Waals surface area contributed by atoms with Crippen LogP contribution in [0.4, 0.5) is 8.78 Å². The van der Waals surface area contributed by atoms with E-state index in [9.17, 15) is 17.2 Å². The Hall–Kier alpha value is -1.09. The quantitative estimate of drug-likeness (QED) is 0.814. The van der Waals surface area contributed by atoms with Crippen LogP contribution in [0.3, 0.4) is 0 Å². The van der Waals surface area contributed by atoms with E-state index in [1.807, 2.05) is 0 Å². The van der Waals surface area contributed by atoms with Crippen LogP contribution in [-0.4, -0.2) is 44.9 Å². The van der Waals surface area contributed by atoms with E-state index >= 15 is 0 Å². The van der Waals surface area contributed by atoms with E-state index in [0.717, 1.165) is 16.4 Å². The van der Waals surface area contributed by atoms with Gasteiger partial charge in [-0.25, -0.2) is 17.2 Å². The second-order valence-electron chi connectivity index (χ2n) is 4.28. The fourth-order valence-electron chi connectivity index (χ4n) is 2.06. The van der Waals surface area contributed by atoms with Gasteiger partial charge in [-0.1, -0.05) is 0 Å². The second kappa shape index (κ2) is 5.49. The summed E-state index contributed by atoms with van der Waals surface area (Å²) in [5.74, 6) is -1.75. The van der Waals surface area contributed by atoms with E-state index in [1.54, 1.807) is 0 Å². The molecule has 1 aromatic carbocycles. The molecule has 1 saturated heterocycles.